The van der Waals surface area contributed by atoms with Crippen molar-refractivity contribution < 1.29 is 24.5 Å². The van der Waals surface area contributed by atoms with Gasteiger partial charge in [-0.05, 0) is 83.5 Å². The highest BCUT2D eigenvalue weighted by Crippen LogP contribution is 2.19. The first-order valence-corrected chi connectivity index (χ1v) is 38.2. The average molecular weight is 1180 g/mol. The van der Waals surface area contributed by atoms with E-state index in [0.717, 1.165) is 51.4 Å². The highest BCUT2D eigenvalue weighted by atomic mass is 16.5. The lowest BCUT2D eigenvalue weighted by molar-refractivity contribution is -0.143. The summed E-state index contributed by atoms with van der Waals surface area (Å²) in [5.41, 5.74) is 0. The molecule has 0 radical (unpaired) electrons. The third kappa shape index (κ3) is 69.2. The molecule has 0 aliphatic carbocycles. The van der Waals surface area contributed by atoms with Crippen molar-refractivity contribution in [3.8, 4) is 0 Å². The molecule has 0 bridgehead atoms. The maximum atomic E-state index is 12.5. The van der Waals surface area contributed by atoms with Gasteiger partial charge in [0.25, 0.3) is 0 Å². The monoisotopic (exact) mass is 1180 g/mol. The largest absolute Gasteiger partial charge is 0.466 e. The number of nitrogens with one attached hydrogen (secondary N) is 1. The smallest absolute Gasteiger partial charge is 0.305 e. The van der Waals surface area contributed by atoms with Gasteiger partial charge in [0.15, 0.2) is 0 Å². The molecule has 496 valence electrons. The molecular formula is C78H149NO5. The van der Waals surface area contributed by atoms with E-state index in [-0.39, 0.29) is 18.5 Å². The quantitative estimate of drug-likeness (QED) is 0.0320. The Kier molecular flexibility index (Phi) is 71.9. The first kappa shape index (κ1) is 82.1. The van der Waals surface area contributed by atoms with Gasteiger partial charge in [-0.2, -0.15) is 0 Å². The minimum Gasteiger partial charge on any atom is -0.466 e. The number of carbonyl (C=O) groups is 2. The van der Waals surface area contributed by atoms with Crippen LogP contribution in [0.2, 0.25) is 0 Å². The second-order valence-corrected chi connectivity index (χ2v) is 26.3. The van der Waals surface area contributed by atoms with Crippen molar-refractivity contribution in [3.05, 3.63) is 36.5 Å². The zero-order chi connectivity index (χ0) is 60.6. The molecule has 0 saturated carbocycles. The summed E-state index contributed by atoms with van der Waals surface area (Å²) in [5, 5.41) is 23.3. The zero-order valence-electron chi connectivity index (χ0n) is 56.9. The van der Waals surface area contributed by atoms with Crippen LogP contribution in [0.25, 0.3) is 0 Å². The molecule has 84 heavy (non-hydrogen) atoms. The first-order valence-electron chi connectivity index (χ1n) is 38.2. The molecule has 0 rings (SSSR count). The Bertz CT molecular complexity index is 1360. The van der Waals surface area contributed by atoms with Crippen molar-refractivity contribution in [2.75, 3.05) is 13.2 Å². The van der Waals surface area contributed by atoms with Gasteiger partial charge in [0, 0.05) is 12.8 Å². The van der Waals surface area contributed by atoms with Gasteiger partial charge >= 0.3 is 5.97 Å². The Morgan fingerprint density at radius 3 is 0.917 bits per heavy atom. The lowest BCUT2D eigenvalue weighted by Crippen LogP contribution is -2.45. The summed E-state index contributed by atoms with van der Waals surface area (Å²) < 4.78 is 5.50. The van der Waals surface area contributed by atoms with Crippen LogP contribution in [-0.2, 0) is 14.3 Å². The van der Waals surface area contributed by atoms with Crippen molar-refractivity contribution in [1.29, 1.82) is 0 Å². The lowest BCUT2D eigenvalue weighted by atomic mass is 10.0. The SMILES string of the molecule is CCCCCCCCC/C=C\CCCCCCCC(=O)OCCCCCCCCCCCCCCC/C=C\C/C=C\CCCCCCCCCCCCCCCCCCCC(=O)NC(CO)C(O)CCCCCCCCCCCCCCCC. The van der Waals surface area contributed by atoms with Gasteiger partial charge in [-0.3, -0.25) is 9.59 Å². The standard InChI is InChI=1S/C78H149NO5/c1-3-5-7-9-11-13-15-17-19-44-48-52-56-60-64-68-72-78(83)84-73-69-65-61-57-53-49-45-42-40-38-36-34-32-30-28-26-24-22-20-21-23-25-27-29-31-33-35-37-39-41-43-47-51-55-59-63-67-71-77(82)79-75(74-80)76(81)70-66-62-58-54-50-46-18-16-14-12-10-8-6-4-2/h19-20,22,26,28,44,75-76,80-81H,3-18,21,23-25,27,29-43,45-74H2,1-2H3,(H,79,82)/b22-20-,28-26-,44-19-. The molecule has 2 atom stereocenters. The number of allylic oxidation sites excluding steroid dienone is 6. The van der Waals surface area contributed by atoms with E-state index in [1.165, 1.54) is 340 Å². The fourth-order valence-electron chi connectivity index (χ4n) is 12.1. The van der Waals surface area contributed by atoms with Crippen LogP contribution >= 0.6 is 0 Å². The molecule has 0 aliphatic rings. The second kappa shape index (κ2) is 73.5. The van der Waals surface area contributed by atoms with Gasteiger partial charge in [0.1, 0.15) is 0 Å². The highest BCUT2D eigenvalue weighted by molar-refractivity contribution is 5.76. The predicted octanol–water partition coefficient (Wildman–Crippen LogP) is 25.0. The molecule has 2 unspecified atom stereocenters. The topological polar surface area (TPSA) is 95.9 Å². The average Bonchev–Trinajstić information content (AvgIpc) is 3.51. The number of carbonyl (C=O) groups excluding carboxylic acids is 2. The third-order valence-corrected chi connectivity index (χ3v) is 17.9. The van der Waals surface area contributed by atoms with Gasteiger partial charge < -0.3 is 20.3 Å². The molecule has 0 heterocycles. The fraction of sp³-hybridized carbons (Fsp3) is 0.897. The Morgan fingerprint density at radius 1 is 0.333 bits per heavy atom. The number of aliphatic hydroxyl groups excluding tert-OH is 2. The molecule has 0 aromatic rings. The van der Waals surface area contributed by atoms with E-state index in [9.17, 15) is 19.8 Å². The molecule has 3 N–H and O–H groups in total. The van der Waals surface area contributed by atoms with Crippen LogP contribution in [0, 0.1) is 0 Å². The van der Waals surface area contributed by atoms with E-state index in [4.69, 9.17) is 4.74 Å². The van der Waals surface area contributed by atoms with Crippen LogP contribution < -0.4 is 5.32 Å². The summed E-state index contributed by atoms with van der Waals surface area (Å²) in [5.74, 6) is -0.0178. The minimum absolute atomic E-state index is 0.0119. The summed E-state index contributed by atoms with van der Waals surface area (Å²) in [7, 11) is 0. The van der Waals surface area contributed by atoms with Crippen LogP contribution in [0.5, 0.6) is 0 Å². The molecular weight excluding hydrogens is 1030 g/mol. The van der Waals surface area contributed by atoms with Crippen LogP contribution in [-0.4, -0.2) is 47.4 Å². The van der Waals surface area contributed by atoms with Gasteiger partial charge in [-0.25, -0.2) is 0 Å². The molecule has 6 nitrogen and oxygen atoms in total. The molecule has 0 saturated heterocycles. The number of ether oxygens (including phenoxy) is 1. The van der Waals surface area contributed by atoms with Crippen LogP contribution in [0.15, 0.2) is 36.5 Å². The second-order valence-electron chi connectivity index (χ2n) is 26.3. The van der Waals surface area contributed by atoms with E-state index in [1.807, 2.05) is 0 Å². The fourth-order valence-corrected chi connectivity index (χ4v) is 12.1. The van der Waals surface area contributed by atoms with E-state index in [0.29, 0.717) is 25.9 Å². The number of hydrogen-bond acceptors (Lipinski definition) is 5. The summed E-state index contributed by atoms with van der Waals surface area (Å²) in [6, 6.07) is -0.539. The van der Waals surface area contributed by atoms with E-state index >= 15 is 0 Å². The molecule has 0 aromatic heterocycles. The van der Waals surface area contributed by atoms with Gasteiger partial charge in [-0.1, -0.05) is 365 Å². The van der Waals surface area contributed by atoms with Crippen LogP contribution in [0.4, 0.5) is 0 Å². The molecule has 1 amide bonds. The van der Waals surface area contributed by atoms with Gasteiger partial charge in [0.2, 0.25) is 5.91 Å². The molecule has 0 spiro atoms. The molecule has 0 fully saturated rings. The Labute approximate surface area is 525 Å². The van der Waals surface area contributed by atoms with E-state index in [2.05, 4.69) is 55.6 Å². The third-order valence-electron chi connectivity index (χ3n) is 17.9. The van der Waals surface area contributed by atoms with Crippen LogP contribution in [0.3, 0.4) is 0 Å². The molecule has 0 aromatic carbocycles. The highest BCUT2D eigenvalue weighted by Gasteiger charge is 2.20. The van der Waals surface area contributed by atoms with Crippen molar-refractivity contribution in [2.45, 2.75) is 437 Å². The number of unbranched alkanes of at least 4 members (excludes halogenated alkanes) is 55. The summed E-state index contributed by atoms with van der Waals surface area (Å²) >= 11 is 0. The number of hydrogen-bond donors (Lipinski definition) is 3. The number of amides is 1. The van der Waals surface area contributed by atoms with Crippen molar-refractivity contribution >= 4 is 11.9 Å². The Morgan fingerprint density at radius 2 is 0.595 bits per heavy atom. The maximum absolute atomic E-state index is 12.5. The van der Waals surface area contributed by atoms with Crippen LogP contribution in [0.1, 0.15) is 425 Å². The Hall–Kier alpha value is -1.92. The van der Waals surface area contributed by atoms with Crippen molar-refractivity contribution in [2.24, 2.45) is 0 Å². The van der Waals surface area contributed by atoms with E-state index < -0.39 is 12.1 Å². The van der Waals surface area contributed by atoms with Gasteiger partial charge in [0.05, 0.1) is 25.4 Å². The normalized spacial score (nSPS) is 12.7. The minimum atomic E-state index is -0.662. The Balaban J connectivity index is 3.35. The van der Waals surface area contributed by atoms with E-state index in [1.54, 1.807) is 0 Å². The number of rotatable bonds is 72. The first-order chi connectivity index (χ1) is 41.5. The predicted molar refractivity (Wildman–Crippen MR) is 370 cm³/mol. The molecule has 0 aliphatic heterocycles. The lowest BCUT2D eigenvalue weighted by Gasteiger charge is -2.22. The van der Waals surface area contributed by atoms with Crippen molar-refractivity contribution in [1.82, 2.24) is 5.32 Å². The summed E-state index contributed by atoms with van der Waals surface area (Å²) in [6.07, 6.45) is 95.2. The summed E-state index contributed by atoms with van der Waals surface area (Å²) in [6.45, 7) is 4.98. The van der Waals surface area contributed by atoms with Gasteiger partial charge in [-0.15, -0.1) is 0 Å². The summed E-state index contributed by atoms with van der Waals surface area (Å²) in [4.78, 5) is 24.6. The number of esters is 1. The van der Waals surface area contributed by atoms with Crippen molar-refractivity contribution in [3.63, 3.8) is 0 Å². The molecule has 6 heteroatoms. The number of aliphatic hydroxyl groups is 2. The maximum Gasteiger partial charge on any atom is 0.305 e. The zero-order valence-corrected chi connectivity index (χ0v) is 56.9.